The second kappa shape index (κ2) is 6.74. The molecule has 2 N–H and O–H groups in total. The van der Waals surface area contributed by atoms with Gasteiger partial charge in [0.25, 0.3) is 0 Å². The van der Waals surface area contributed by atoms with Crippen LogP contribution in [0.25, 0.3) is 0 Å². The molecular weight excluding hydrogens is 334 g/mol. The molecule has 1 saturated heterocycles. The Bertz CT molecular complexity index is 797. The Morgan fingerprint density at radius 2 is 1.96 bits per heavy atom. The van der Waals surface area contributed by atoms with Gasteiger partial charge in [-0.15, -0.1) is 5.10 Å². The topological polar surface area (TPSA) is 105 Å². The fourth-order valence-corrected chi connectivity index (χ4v) is 3.58. The predicted octanol–water partition coefficient (Wildman–Crippen LogP) is 0.879. The first-order valence-electron chi connectivity index (χ1n) is 8.83. The van der Waals surface area contributed by atoms with Gasteiger partial charge in [0.2, 0.25) is 11.8 Å². The third kappa shape index (κ3) is 3.12. The maximum Gasteiger partial charge on any atom is 0.250 e. The van der Waals surface area contributed by atoms with Crippen LogP contribution in [0.1, 0.15) is 25.7 Å². The quantitative estimate of drug-likeness (QED) is 0.843. The molecule has 0 bridgehead atoms. The number of fused-ring (bicyclic) bond motifs is 1. The molecule has 0 radical (unpaired) electrons. The molecule has 136 valence electrons. The van der Waals surface area contributed by atoms with Crippen LogP contribution in [-0.2, 0) is 16.1 Å². The van der Waals surface area contributed by atoms with Gasteiger partial charge in [0.1, 0.15) is 11.9 Å². The van der Waals surface area contributed by atoms with Crippen LogP contribution in [0.2, 0.25) is 0 Å². The zero-order chi connectivity index (χ0) is 18.0. The zero-order valence-corrected chi connectivity index (χ0v) is 14.4. The molecule has 0 saturated carbocycles. The molecule has 26 heavy (non-hydrogen) atoms. The molecular formula is C17H21N7O2. The lowest BCUT2D eigenvalue weighted by atomic mass is 9.84. The number of hydrogen-bond acceptors (Lipinski definition) is 6. The summed E-state index contributed by atoms with van der Waals surface area (Å²) in [5, 5.41) is 17.3. The predicted molar refractivity (Wildman–Crippen MR) is 94.3 cm³/mol. The largest absolute Gasteiger partial charge is 0.369 e. The number of carbonyl (C=O) groups is 2. The van der Waals surface area contributed by atoms with E-state index in [-0.39, 0.29) is 11.8 Å². The first-order chi connectivity index (χ1) is 12.7. The van der Waals surface area contributed by atoms with Crippen molar-refractivity contribution < 1.29 is 9.59 Å². The maximum atomic E-state index is 12.6. The normalized spacial score (nSPS) is 18.2. The standard InChI is InChI=1S/C17H21N7O2/c25-15(6-3-9-24-12-18-21-22-24)23-10-7-17(8-11-23)16(26)19-13-4-1-2-5-14(13)20-17/h1-2,4-5,12,20H,3,6-11H2,(H,19,26). The van der Waals surface area contributed by atoms with Crippen LogP contribution in [0.4, 0.5) is 11.4 Å². The van der Waals surface area contributed by atoms with E-state index in [0.29, 0.717) is 45.3 Å². The highest BCUT2D eigenvalue weighted by molar-refractivity contribution is 6.06. The van der Waals surface area contributed by atoms with Crippen molar-refractivity contribution in [3.05, 3.63) is 30.6 Å². The van der Waals surface area contributed by atoms with Crippen molar-refractivity contribution in [2.75, 3.05) is 23.7 Å². The van der Waals surface area contributed by atoms with Gasteiger partial charge in [-0.1, -0.05) is 12.1 Å². The van der Waals surface area contributed by atoms with Crippen molar-refractivity contribution in [1.82, 2.24) is 25.1 Å². The molecule has 2 aromatic rings. The summed E-state index contributed by atoms with van der Waals surface area (Å²) in [4.78, 5) is 26.9. The SMILES string of the molecule is O=C(CCCn1cnnn1)N1CCC2(CC1)Nc1ccccc1NC2=O. The highest BCUT2D eigenvalue weighted by atomic mass is 16.2. The van der Waals surface area contributed by atoms with Gasteiger partial charge < -0.3 is 15.5 Å². The molecule has 3 heterocycles. The molecule has 1 aromatic carbocycles. The van der Waals surface area contributed by atoms with Gasteiger partial charge in [-0.05, 0) is 41.8 Å². The van der Waals surface area contributed by atoms with Crippen molar-refractivity contribution >= 4 is 23.2 Å². The molecule has 1 aromatic heterocycles. The zero-order valence-electron chi connectivity index (χ0n) is 14.4. The summed E-state index contributed by atoms with van der Waals surface area (Å²) in [6.07, 6.45) is 3.89. The molecule has 2 aliphatic heterocycles. The third-order valence-corrected chi connectivity index (χ3v) is 5.12. The number of aryl methyl sites for hydroxylation is 1. The number of aromatic nitrogens is 4. The second-order valence-electron chi connectivity index (χ2n) is 6.76. The number of carbonyl (C=O) groups excluding carboxylic acids is 2. The third-order valence-electron chi connectivity index (χ3n) is 5.12. The number of tetrazole rings is 1. The lowest BCUT2D eigenvalue weighted by Crippen LogP contribution is -2.59. The van der Waals surface area contributed by atoms with E-state index in [4.69, 9.17) is 0 Å². The lowest BCUT2D eigenvalue weighted by molar-refractivity contribution is -0.134. The number of para-hydroxylation sites is 2. The Balaban J connectivity index is 1.32. The molecule has 4 rings (SSSR count). The summed E-state index contributed by atoms with van der Waals surface area (Å²) in [6.45, 7) is 1.77. The molecule has 2 amide bonds. The second-order valence-corrected chi connectivity index (χ2v) is 6.76. The molecule has 1 fully saturated rings. The maximum absolute atomic E-state index is 12.6. The van der Waals surface area contributed by atoms with E-state index in [2.05, 4.69) is 26.2 Å². The van der Waals surface area contributed by atoms with Crippen molar-refractivity contribution in [3.8, 4) is 0 Å². The Morgan fingerprint density at radius 1 is 1.19 bits per heavy atom. The van der Waals surface area contributed by atoms with Crippen LogP contribution in [-0.4, -0.2) is 55.5 Å². The highest BCUT2D eigenvalue weighted by Crippen LogP contribution is 2.36. The van der Waals surface area contributed by atoms with E-state index in [1.807, 2.05) is 29.2 Å². The number of likely N-dealkylation sites (tertiary alicyclic amines) is 1. The minimum atomic E-state index is -0.627. The molecule has 0 atom stereocenters. The average molecular weight is 355 g/mol. The van der Waals surface area contributed by atoms with Crippen LogP contribution < -0.4 is 10.6 Å². The van der Waals surface area contributed by atoms with E-state index < -0.39 is 5.54 Å². The van der Waals surface area contributed by atoms with Crippen molar-refractivity contribution in [2.24, 2.45) is 0 Å². The summed E-state index contributed by atoms with van der Waals surface area (Å²) >= 11 is 0. The van der Waals surface area contributed by atoms with Gasteiger partial charge in [0.15, 0.2) is 0 Å². The minimum absolute atomic E-state index is 0.0121. The van der Waals surface area contributed by atoms with Gasteiger partial charge in [0.05, 0.1) is 11.4 Å². The van der Waals surface area contributed by atoms with Crippen LogP contribution >= 0.6 is 0 Å². The first-order valence-corrected chi connectivity index (χ1v) is 8.83. The van der Waals surface area contributed by atoms with Crippen molar-refractivity contribution in [3.63, 3.8) is 0 Å². The number of amides is 2. The van der Waals surface area contributed by atoms with Gasteiger partial charge in [-0.2, -0.15) is 0 Å². The Kier molecular flexibility index (Phi) is 4.27. The molecule has 0 unspecified atom stereocenters. The smallest absolute Gasteiger partial charge is 0.250 e. The number of piperidine rings is 1. The van der Waals surface area contributed by atoms with Gasteiger partial charge in [-0.25, -0.2) is 4.68 Å². The first kappa shape index (κ1) is 16.5. The van der Waals surface area contributed by atoms with Gasteiger partial charge in [0, 0.05) is 26.1 Å². The van der Waals surface area contributed by atoms with Crippen LogP contribution in [0.15, 0.2) is 30.6 Å². The number of rotatable bonds is 4. The van der Waals surface area contributed by atoms with Crippen LogP contribution in [0, 0.1) is 0 Å². The fraction of sp³-hybridized carbons (Fsp3) is 0.471. The summed E-state index contributed by atoms with van der Waals surface area (Å²) in [6, 6.07) is 7.69. The highest BCUT2D eigenvalue weighted by Gasteiger charge is 2.44. The summed E-state index contributed by atoms with van der Waals surface area (Å²) in [5.41, 5.74) is 1.12. The summed E-state index contributed by atoms with van der Waals surface area (Å²) in [7, 11) is 0. The molecule has 1 spiro atoms. The average Bonchev–Trinajstić information content (AvgIpc) is 3.17. The summed E-state index contributed by atoms with van der Waals surface area (Å²) < 4.78 is 1.62. The number of benzene rings is 1. The minimum Gasteiger partial charge on any atom is -0.369 e. The number of nitrogens with zero attached hydrogens (tertiary/aromatic N) is 5. The molecule has 2 aliphatic rings. The van der Waals surface area contributed by atoms with E-state index >= 15 is 0 Å². The van der Waals surface area contributed by atoms with E-state index in [0.717, 1.165) is 11.4 Å². The monoisotopic (exact) mass is 355 g/mol. The molecule has 9 heteroatoms. The van der Waals surface area contributed by atoms with Crippen molar-refractivity contribution in [1.29, 1.82) is 0 Å². The summed E-state index contributed by atoms with van der Waals surface area (Å²) in [5.74, 6) is 0.103. The molecule has 9 nitrogen and oxygen atoms in total. The fourth-order valence-electron chi connectivity index (χ4n) is 3.58. The Labute approximate surface area is 150 Å². The lowest BCUT2D eigenvalue weighted by Gasteiger charge is -2.44. The van der Waals surface area contributed by atoms with Crippen molar-refractivity contribution in [2.45, 2.75) is 37.8 Å². The van der Waals surface area contributed by atoms with Gasteiger partial charge >= 0.3 is 0 Å². The molecule has 0 aliphatic carbocycles. The van der Waals surface area contributed by atoms with E-state index in [1.54, 1.807) is 11.0 Å². The number of hydrogen-bond donors (Lipinski definition) is 2. The van der Waals surface area contributed by atoms with E-state index in [1.165, 1.54) is 0 Å². The van der Waals surface area contributed by atoms with Gasteiger partial charge in [-0.3, -0.25) is 9.59 Å². The van der Waals surface area contributed by atoms with E-state index in [9.17, 15) is 9.59 Å². The van der Waals surface area contributed by atoms with Crippen LogP contribution in [0.5, 0.6) is 0 Å². The van der Waals surface area contributed by atoms with Crippen LogP contribution in [0.3, 0.4) is 0 Å². The Hall–Kier alpha value is -2.97. The Morgan fingerprint density at radius 3 is 2.69 bits per heavy atom. The number of anilines is 2. The number of nitrogens with one attached hydrogen (secondary N) is 2.